The van der Waals surface area contributed by atoms with Gasteiger partial charge in [0.25, 0.3) is 5.91 Å². The average Bonchev–Trinajstić information content (AvgIpc) is 2.63. The number of nitrogens with zero attached hydrogens (tertiary/aromatic N) is 1. The number of anilines is 1. The van der Waals surface area contributed by atoms with Crippen LogP contribution in [0.25, 0.3) is 0 Å². The number of carbonyl (C=O) groups excluding carboxylic acids is 1. The Morgan fingerprint density at radius 2 is 1.75 bits per heavy atom. The van der Waals surface area contributed by atoms with Crippen molar-refractivity contribution in [3.05, 3.63) is 17.4 Å². The Morgan fingerprint density at radius 3 is 2.14 bits per heavy atom. The second kappa shape index (κ2) is 10.1. The van der Waals surface area contributed by atoms with Gasteiger partial charge in [0.15, 0.2) is 11.6 Å². The smallest absolute Gasteiger partial charge is 0.480 e. The lowest BCUT2D eigenvalue weighted by Gasteiger charge is -2.29. The summed E-state index contributed by atoms with van der Waals surface area (Å²) in [7, 11) is 3.32. The third-order valence-electron chi connectivity index (χ3n) is 4.12. The quantitative estimate of drug-likeness (QED) is 0.546. The molecule has 1 aliphatic rings. The monoisotopic (exact) mass is 410 g/mol. The number of carbonyl (C=O) groups is 2. The first-order chi connectivity index (χ1) is 13.0. The summed E-state index contributed by atoms with van der Waals surface area (Å²) in [5.41, 5.74) is 5.11. The van der Waals surface area contributed by atoms with Gasteiger partial charge in [-0.2, -0.15) is 18.2 Å². The van der Waals surface area contributed by atoms with Crippen LogP contribution in [0.15, 0.2) is 6.07 Å². The first kappa shape index (κ1) is 23.4. The molecule has 0 saturated heterocycles. The molecule has 1 aromatic heterocycles. The van der Waals surface area contributed by atoms with E-state index in [0.29, 0.717) is 6.04 Å². The van der Waals surface area contributed by atoms with Crippen molar-refractivity contribution in [2.75, 3.05) is 19.5 Å². The summed E-state index contributed by atoms with van der Waals surface area (Å²) in [5.74, 6) is -3.98. The molecule has 12 heteroatoms. The Labute approximate surface area is 158 Å². The van der Waals surface area contributed by atoms with Crippen molar-refractivity contribution in [2.45, 2.75) is 43.9 Å². The number of carboxylic acid groups (broad SMARTS) is 1. The number of halogens is 4. The van der Waals surface area contributed by atoms with Gasteiger partial charge in [-0.05, 0) is 38.8 Å². The Morgan fingerprint density at radius 1 is 1.25 bits per heavy atom. The lowest BCUT2D eigenvalue weighted by Crippen LogP contribution is -2.35. The van der Waals surface area contributed by atoms with Crippen LogP contribution in [0.1, 0.15) is 36.0 Å². The summed E-state index contributed by atoms with van der Waals surface area (Å²) in [5, 5.41) is 13.5. The van der Waals surface area contributed by atoms with Crippen LogP contribution in [-0.4, -0.2) is 54.4 Å². The van der Waals surface area contributed by atoms with E-state index in [-0.39, 0.29) is 23.3 Å². The number of hydrogen-bond donors (Lipinski definition) is 4. The topological polar surface area (TPSA) is 127 Å². The van der Waals surface area contributed by atoms with Gasteiger partial charge >= 0.3 is 12.1 Å². The fraction of sp³-hybridized carbons (Fsp3) is 0.562. The molecule has 1 aromatic rings. The maximum atomic E-state index is 14.0. The molecule has 0 bridgehead atoms. The molecule has 1 fully saturated rings. The van der Waals surface area contributed by atoms with Crippen molar-refractivity contribution >= 4 is 17.7 Å². The predicted octanol–water partition coefficient (Wildman–Crippen LogP) is 1.90. The van der Waals surface area contributed by atoms with Crippen LogP contribution < -0.4 is 21.1 Å². The lowest BCUT2D eigenvalue weighted by atomic mass is 9.91. The number of amides is 1. The minimum atomic E-state index is -5.08. The number of pyridine rings is 1. The molecule has 0 aromatic carbocycles. The molecule has 0 spiro atoms. The van der Waals surface area contributed by atoms with Crippen LogP contribution in [0.2, 0.25) is 0 Å². The van der Waals surface area contributed by atoms with E-state index in [9.17, 15) is 22.4 Å². The Balaban J connectivity index is 0.000000480. The van der Waals surface area contributed by atoms with Gasteiger partial charge in [0.05, 0.1) is 7.11 Å². The van der Waals surface area contributed by atoms with Gasteiger partial charge in [-0.15, -0.1) is 0 Å². The standard InChI is InChI=1S/C14H21FN4O2.C2HF3O2/c1-17-8-3-5-9(6-4-8)18-13-11(15)7-10(12(16)20)14(19-13)21-2;3-2(4,5)1(6)7/h7-9,17H,3-6H2,1-2H3,(H2,16,20)(H,18,19);(H,6,7)/t8-,9-;. The fourth-order valence-corrected chi connectivity index (χ4v) is 2.63. The number of aliphatic carboxylic acids is 1. The third-order valence-corrected chi connectivity index (χ3v) is 4.12. The summed E-state index contributed by atoms with van der Waals surface area (Å²) < 4.78 is 50.8. The summed E-state index contributed by atoms with van der Waals surface area (Å²) in [6, 6.07) is 1.75. The largest absolute Gasteiger partial charge is 0.490 e. The number of nitrogens with two attached hydrogens (primary N) is 1. The highest BCUT2D eigenvalue weighted by Gasteiger charge is 2.38. The zero-order valence-corrected chi connectivity index (χ0v) is 15.3. The Kier molecular flexibility index (Phi) is 8.41. The molecular weight excluding hydrogens is 388 g/mol. The predicted molar refractivity (Wildman–Crippen MR) is 91.7 cm³/mol. The average molecular weight is 410 g/mol. The van der Waals surface area contributed by atoms with Crippen molar-refractivity contribution in [3.8, 4) is 5.88 Å². The number of methoxy groups -OCH3 is 1. The normalized spacial score (nSPS) is 19.2. The second-order valence-corrected chi connectivity index (χ2v) is 6.02. The van der Waals surface area contributed by atoms with E-state index >= 15 is 0 Å². The first-order valence-electron chi connectivity index (χ1n) is 8.27. The minimum absolute atomic E-state index is 0.0373. The third kappa shape index (κ3) is 6.83. The second-order valence-electron chi connectivity index (χ2n) is 6.02. The molecule has 5 N–H and O–H groups in total. The SMILES string of the molecule is CN[C@H]1CC[C@H](Nc2nc(OC)c(C(N)=O)cc2F)CC1.O=C(O)C(F)(F)F. The van der Waals surface area contributed by atoms with Crippen LogP contribution in [0, 0.1) is 5.82 Å². The van der Waals surface area contributed by atoms with Gasteiger partial charge in [0, 0.05) is 12.1 Å². The van der Waals surface area contributed by atoms with E-state index in [2.05, 4.69) is 15.6 Å². The summed E-state index contributed by atoms with van der Waals surface area (Å²) in [6.07, 6.45) is -1.14. The molecule has 0 aliphatic heterocycles. The molecule has 1 heterocycles. The molecule has 158 valence electrons. The fourth-order valence-electron chi connectivity index (χ4n) is 2.63. The maximum absolute atomic E-state index is 14.0. The van der Waals surface area contributed by atoms with Gasteiger partial charge in [-0.25, -0.2) is 9.18 Å². The number of carboxylic acids is 1. The van der Waals surface area contributed by atoms with Gasteiger partial charge in [-0.3, -0.25) is 4.79 Å². The van der Waals surface area contributed by atoms with Gasteiger partial charge in [-0.1, -0.05) is 0 Å². The molecule has 8 nitrogen and oxygen atoms in total. The number of hydrogen-bond acceptors (Lipinski definition) is 6. The molecular formula is C16H22F4N4O4. The Bertz CT molecular complexity index is 692. The van der Waals surface area contributed by atoms with E-state index in [1.165, 1.54) is 7.11 Å². The number of nitrogens with one attached hydrogen (secondary N) is 2. The van der Waals surface area contributed by atoms with Crippen LogP contribution >= 0.6 is 0 Å². The van der Waals surface area contributed by atoms with Crippen molar-refractivity contribution in [1.29, 1.82) is 0 Å². The minimum Gasteiger partial charge on any atom is -0.480 e. The van der Waals surface area contributed by atoms with Gasteiger partial charge in [0.1, 0.15) is 5.56 Å². The molecule has 1 saturated carbocycles. The number of alkyl halides is 3. The number of aromatic nitrogens is 1. The number of rotatable bonds is 5. The molecule has 0 atom stereocenters. The molecule has 0 unspecified atom stereocenters. The number of ether oxygens (including phenoxy) is 1. The lowest BCUT2D eigenvalue weighted by molar-refractivity contribution is -0.192. The molecule has 2 rings (SSSR count). The van der Waals surface area contributed by atoms with Crippen molar-refractivity contribution in [3.63, 3.8) is 0 Å². The zero-order valence-electron chi connectivity index (χ0n) is 15.3. The molecule has 28 heavy (non-hydrogen) atoms. The molecule has 0 radical (unpaired) electrons. The Hall–Kier alpha value is -2.63. The summed E-state index contributed by atoms with van der Waals surface area (Å²) >= 11 is 0. The van der Waals surface area contributed by atoms with Crippen LogP contribution in [0.3, 0.4) is 0 Å². The summed E-state index contributed by atoms with van der Waals surface area (Å²) in [6.45, 7) is 0. The van der Waals surface area contributed by atoms with E-state index in [0.717, 1.165) is 31.7 Å². The van der Waals surface area contributed by atoms with E-state index < -0.39 is 23.9 Å². The van der Waals surface area contributed by atoms with Crippen molar-refractivity contribution in [1.82, 2.24) is 10.3 Å². The van der Waals surface area contributed by atoms with E-state index in [4.69, 9.17) is 20.4 Å². The van der Waals surface area contributed by atoms with Crippen LogP contribution in [0.5, 0.6) is 5.88 Å². The molecule has 1 amide bonds. The first-order valence-corrected chi connectivity index (χ1v) is 8.27. The van der Waals surface area contributed by atoms with Crippen LogP contribution in [-0.2, 0) is 4.79 Å². The maximum Gasteiger partial charge on any atom is 0.490 e. The summed E-state index contributed by atoms with van der Waals surface area (Å²) in [4.78, 5) is 24.1. The van der Waals surface area contributed by atoms with Gasteiger partial charge < -0.3 is 26.2 Å². The zero-order chi connectivity index (χ0) is 21.5. The van der Waals surface area contributed by atoms with Crippen molar-refractivity contribution in [2.24, 2.45) is 5.73 Å². The van der Waals surface area contributed by atoms with E-state index in [1.54, 1.807) is 0 Å². The van der Waals surface area contributed by atoms with Crippen LogP contribution in [0.4, 0.5) is 23.4 Å². The molecule has 1 aliphatic carbocycles. The highest BCUT2D eigenvalue weighted by atomic mass is 19.4. The van der Waals surface area contributed by atoms with Crippen molar-refractivity contribution < 1.29 is 37.0 Å². The van der Waals surface area contributed by atoms with Gasteiger partial charge in [0.2, 0.25) is 5.88 Å². The number of primary amides is 1. The highest BCUT2D eigenvalue weighted by molar-refractivity contribution is 5.95. The highest BCUT2D eigenvalue weighted by Crippen LogP contribution is 2.26. The van der Waals surface area contributed by atoms with E-state index in [1.807, 2.05) is 7.05 Å².